The number of carbonyl (C=O) groups is 2. The number of carbonyl (C=O) groups excluding carboxylic acids is 2. The number of para-hydroxylation sites is 1. The molecule has 192 valence electrons. The molecule has 0 radical (unpaired) electrons. The zero-order valence-corrected chi connectivity index (χ0v) is 21.5. The Morgan fingerprint density at radius 1 is 0.944 bits per heavy atom. The zero-order chi connectivity index (χ0) is 26.1. The predicted octanol–water partition coefficient (Wildman–Crippen LogP) is 6.74. The normalized spacial score (nSPS) is 11.3. The van der Waals surface area contributed by atoms with Crippen LogP contribution >= 0.6 is 0 Å². The Morgan fingerprint density at radius 3 is 2.33 bits per heavy atom. The third kappa shape index (κ3) is 7.70. The van der Waals surface area contributed by atoms with Crippen molar-refractivity contribution in [1.82, 2.24) is 0 Å². The molecule has 7 heteroatoms. The summed E-state index contributed by atoms with van der Waals surface area (Å²) in [5.41, 5.74) is -0.339. The molecular weight excluding hydrogens is 458 g/mol. The molecule has 0 fully saturated rings. The Balaban J connectivity index is 1.68. The van der Waals surface area contributed by atoms with Gasteiger partial charge in [-0.25, -0.2) is 4.79 Å². The lowest BCUT2D eigenvalue weighted by Gasteiger charge is -2.19. The molecule has 0 unspecified atom stereocenters. The number of unbranched alkanes of at least 4 members (excludes halogenated alkanes) is 5. The molecule has 0 bridgehead atoms. The van der Waals surface area contributed by atoms with E-state index in [2.05, 4.69) is 12.2 Å². The fourth-order valence-electron chi connectivity index (χ4n) is 3.67. The molecule has 0 spiro atoms. The van der Waals surface area contributed by atoms with E-state index in [0.29, 0.717) is 17.9 Å². The highest BCUT2D eigenvalue weighted by atomic mass is 16.6. The molecule has 2 aromatic carbocycles. The first-order valence-electron chi connectivity index (χ1n) is 12.5. The van der Waals surface area contributed by atoms with Crippen molar-refractivity contribution in [3.05, 3.63) is 70.1 Å². The number of esters is 1. The van der Waals surface area contributed by atoms with Gasteiger partial charge in [-0.2, -0.15) is 0 Å². The molecule has 1 amide bonds. The topological polar surface area (TPSA) is 94.8 Å². The van der Waals surface area contributed by atoms with Gasteiger partial charge in [0.05, 0.1) is 17.7 Å². The second kappa shape index (κ2) is 12.4. The molecule has 1 N–H and O–H groups in total. The van der Waals surface area contributed by atoms with Crippen LogP contribution in [0, 0.1) is 0 Å². The van der Waals surface area contributed by atoms with Gasteiger partial charge in [0.2, 0.25) is 5.76 Å². The van der Waals surface area contributed by atoms with Crippen LogP contribution in [0.5, 0.6) is 5.75 Å². The molecule has 0 aliphatic rings. The van der Waals surface area contributed by atoms with Crippen molar-refractivity contribution in [2.45, 2.75) is 71.8 Å². The van der Waals surface area contributed by atoms with Crippen LogP contribution in [0.1, 0.15) is 87.1 Å². The van der Waals surface area contributed by atoms with Crippen LogP contribution in [0.15, 0.2) is 57.7 Å². The van der Waals surface area contributed by atoms with Gasteiger partial charge in [0, 0.05) is 11.6 Å². The second-order valence-electron chi connectivity index (χ2n) is 9.75. The molecule has 0 aliphatic heterocycles. The van der Waals surface area contributed by atoms with E-state index in [-0.39, 0.29) is 28.3 Å². The maximum atomic E-state index is 12.9. The fourth-order valence-corrected chi connectivity index (χ4v) is 3.67. The molecule has 3 rings (SSSR count). The quantitative estimate of drug-likeness (QED) is 0.235. The van der Waals surface area contributed by atoms with Gasteiger partial charge < -0.3 is 19.2 Å². The molecule has 0 aliphatic carbocycles. The molecule has 7 nitrogen and oxygen atoms in total. The maximum absolute atomic E-state index is 12.9. The number of hydrogen-bond donors (Lipinski definition) is 1. The van der Waals surface area contributed by atoms with Gasteiger partial charge in [0.25, 0.3) is 5.91 Å². The van der Waals surface area contributed by atoms with E-state index in [4.69, 9.17) is 13.9 Å². The highest BCUT2D eigenvalue weighted by Gasteiger charge is 2.22. The van der Waals surface area contributed by atoms with Gasteiger partial charge in [0.1, 0.15) is 11.4 Å². The van der Waals surface area contributed by atoms with Crippen molar-refractivity contribution in [2.75, 3.05) is 11.9 Å². The van der Waals surface area contributed by atoms with Gasteiger partial charge in [-0.05, 0) is 63.6 Å². The average molecular weight is 494 g/mol. The molecule has 1 heterocycles. The minimum Gasteiger partial charge on any atom is -0.494 e. The summed E-state index contributed by atoms with van der Waals surface area (Å²) in [5, 5.41) is 3.02. The van der Waals surface area contributed by atoms with Crippen molar-refractivity contribution in [3.63, 3.8) is 0 Å². The molecule has 3 aromatic rings. The third-order valence-electron chi connectivity index (χ3n) is 5.49. The lowest BCUT2D eigenvalue weighted by Crippen LogP contribution is -2.24. The van der Waals surface area contributed by atoms with E-state index in [9.17, 15) is 14.4 Å². The van der Waals surface area contributed by atoms with Gasteiger partial charge in [-0.15, -0.1) is 0 Å². The van der Waals surface area contributed by atoms with Crippen molar-refractivity contribution >= 4 is 28.5 Å². The lowest BCUT2D eigenvalue weighted by molar-refractivity contribution is 0.00364. The Kier molecular flexibility index (Phi) is 9.28. The zero-order valence-electron chi connectivity index (χ0n) is 21.5. The Hall–Kier alpha value is -3.61. The largest absolute Gasteiger partial charge is 0.494 e. The summed E-state index contributed by atoms with van der Waals surface area (Å²) in [6.07, 6.45) is 7.16. The first kappa shape index (κ1) is 27.0. The summed E-state index contributed by atoms with van der Waals surface area (Å²) >= 11 is 0. The van der Waals surface area contributed by atoms with Gasteiger partial charge in [-0.1, -0.05) is 45.1 Å². The minimum absolute atomic E-state index is 0.109. The van der Waals surface area contributed by atoms with Crippen molar-refractivity contribution in [2.24, 2.45) is 0 Å². The highest BCUT2D eigenvalue weighted by Crippen LogP contribution is 2.24. The van der Waals surface area contributed by atoms with Crippen molar-refractivity contribution in [3.8, 4) is 5.75 Å². The monoisotopic (exact) mass is 493 g/mol. The summed E-state index contributed by atoms with van der Waals surface area (Å²) < 4.78 is 16.8. The van der Waals surface area contributed by atoms with Crippen LogP contribution in [0.25, 0.3) is 11.0 Å². The van der Waals surface area contributed by atoms with Crippen LogP contribution in [0.4, 0.5) is 5.69 Å². The molecular formula is C29H35NO6. The van der Waals surface area contributed by atoms with Gasteiger partial charge in [-0.3, -0.25) is 9.59 Å². The summed E-state index contributed by atoms with van der Waals surface area (Å²) in [7, 11) is 0. The van der Waals surface area contributed by atoms with E-state index in [1.165, 1.54) is 25.7 Å². The number of hydrogen-bond acceptors (Lipinski definition) is 6. The SMILES string of the molecule is CCCCCCCCOc1ccc(C(=O)Nc2cccc3c(=O)cc(C(=O)OC(C)(C)C)oc23)cc1. The summed E-state index contributed by atoms with van der Waals surface area (Å²) in [6.45, 7) is 8.02. The molecule has 0 saturated carbocycles. The Bertz CT molecular complexity index is 1240. The number of benzene rings is 2. The van der Waals surface area contributed by atoms with Crippen LogP contribution in [0.2, 0.25) is 0 Å². The smallest absolute Gasteiger partial charge is 0.374 e. The van der Waals surface area contributed by atoms with Crippen LogP contribution in [-0.2, 0) is 4.74 Å². The molecule has 0 atom stereocenters. The van der Waals surface area contributed by atoms with Crippen LogP contribution in [-0.4, -0.2) is 24.1 Å². The second-order valence-corrected chi connectivity index (χ2v) is 9.75. The first-order valence-corrected chi connectivity index (χ1v) is 12.5. The number of nitrogens with one attached hydrogen (secondary N) is 1. The molecule has 36 heavy (non-hydrogen) atoms. The van der Waals surface area contributed by atoms with Crippen LogP contribution < -0.4 is 15.5 Å². The average Bonchev–Trinajstić information content (AvgIpc) is 2.83. The van der Waals surface area contributed by atoms with E-state index in [0.717, 1.165) is 18.9 Å². The molecule has 1 aromatic heterocycles. The van der Waals surface area contributed by atoms with Crippen molar-refractivity contribution in [1.29, 1.82) is 0 Å². The van der Waals surface area contributed by atoms with Gasteiger partial charge in [0.15, 0.2) is 11.0 Å². The number of fused-ring (bicyclic) bond motifs is 1. The summed E-state index contributed by atoms with van der Waals surface area (Å²) in [6, 6.07) is 12.8. The van der Waals surface area contributed by atoms with E-state index in [1.54, 1.807) is 63.2 Å². The summed E-state index contributed by atoms with van der Waals surface area (Å²) in [4.78, 5) is 37.9. The number of amides is 1. The minimum atomic E-state index is -0.751. The summed E-state index contributed by atoms with van der Waals surface area (Å²) in [5.74, 6) is -0.649. The van der Waals surface area contributed by atoms with Crippen molar-refractivity contribution < 1.29 is 23.5 Å². The third-order valence-corrected chi connectivity index (χ3v) is 5.49. The van der Waals surface area contributed by atoms with E-state index >= 15 is 0 Å². The maximum Gasteiger partial charge on any atom is 0.374 e. The molecule has 0 saturated heterocycles. The number of anilines is 1. The Morgan fingerprint density at radius 2 is 1.64 bits per heavy atom. The fraction of sp³-hybridized carbons (Fsp3) is 0.414. The van der Waals surface area contributed by atoms with Crippen LogP contribution in [0.3, 0.4) is 0 Å². The number of ether oxygens (including phenoxy) is 2. The lowest BCUT2D eigenvalue weighted by atomic mass is 10.1. The predicted molar refractivity (Wildman–Crippen MR) is 141 cm³/mol. The highest BCUT2D eigenvalue weighted by molar-refractivity contribution is 6.08. The van der Waals surface area contributed by atoms with Gasteiger partial charge >= 0.3 is 5.97 Å². The standard InChI is InChI=1S/C29H35NO6/c1-5-6-7-8-9-10-18-34-21-16-14-20(15-17-21)27(32)30-23-13-11-12-22-24(31)19-25(35-26(22)23)28(33)36-29(2,3)4/h11-17,19H,5-10,18H2,1-4H3,(H,30,32). The Labute approximate surface area is 211 Å². The van der Waals surface area contributed by atoms with E-state index in [1.807, 2.05) is 0 Å². The number of rotatable bonds is 11. The first-order chi connectivity index (χ1) is 17.2. The van der Waals surface area contributed by atoms with E-state index < -0.39 is 17.0 Å².